The second-order valence-corrected chi connectivity index (χ2v) is 7.57. The molecule has 1 aliphatic rings. The maximum atomic E-state index is 6.29. The van der Waals surface area contributed by atoms with Gasteiger partial charge in [-0.25, -0.2) is 0 Å². The molecule has 0 aliphatic carbocycles. The zero-order chi connectivity index (χ0) is 17.8. The quantitative estimate of drug-likeness (QED) is 0.600. The van der Waals surface area contributed by atoms with Gasteiger partial charge < -0.3 is 5.32 Å². The molecule has 3 aromatic rings. The van der Waals surface area contributed by atoms with Crippen molar-refractivity contribution in [1.29, 1.82) is 0 Å². The first-order valence-corrected chi connectivity index (χ1v) is 9.98. The number of nitrogens with one attached hydrogen (secondary N) is 1. The van der Waals surface area contributed by atoms with Crippen LogP contribution >= 0.6 is 23.4 Å². The summed E-state index contributed by atoms with van der Waals surface area (Å²) in [6.07, 6.45) is 0. The molecule has 0 saturated carbocycles. The van der Waals surface area contributed by atoms with Gasteiger partial charge in [-0.2, -0.15) is 0 Å². The van der Waals surface area contributed by atoms with Crippen LogP contribution in [0.3, 0.4) is 0 Å². The van der Waals surface area contributed by atoms with Gasteiger partial charge in [0.05, 0.1) is 6.04 Å². The minimum absolute atomic E-state index is 0.0762. The molecule has 4 rings (SSSR count). The van der Waals surface area contributed by atoms with Crippen molar-refractivity contribution >= 4 is 28.5 Å². The van der Waals surface area contributed by atoms with Gasteiger partial charge in [0.1, 0.15) is 6.04 Å². The lowest BCUT2D eigenvalue weighted by molar-refractivity contribution is 0.573. The predicted molar refractivity (Wildman–Crippen MR) is 112 cm³/mol. The maximum Gasteiger partial charge on any atom is 0.158 e. The van der Waals surface area contributed by atoms with Gasteiger partial charge in [-0.3, -0.25) is 4.99 Å². The minimum atomic E-state index is 0.0762. The van der Waals surface area contributed by atoms with Gasteiger partial charge in [0, 0.05) is 10.8 Å². The summed E-state index contributed by atoms with van der Waals surface area (Å²) in [5.74, 6) is 0.800. The van der Waals surface area contributed by atoms with E-state index in [0.717, 1.165) is 21.5 Å². The molecule has 0 unspecified atom stereocenters. The Morgan fingerprint density at radius 1 is 0.808 bits per heavy atom. The minimum Gasteiger partial charge on any atom is -0.356 e. The molecule has 2 atom stereocenters. The molecule has 4 heteroatoms. The van der Waals surface area contributed by atoms with Crippen LogP contribution in [0.5, 0.6) is 0 Å². The van der Waals surface area contributed by atoms with Crippen molar-refractivity contribution in [2.24, 2.45) is 4.99 Å². The lowest BCUT2D eigenvalue weighted by Crippen LogP contribution is -2.22. The van der Waals surface area contributed by atoms with Crippen molar-refractivity contribution in [3.05, 3.63) is 107 Å². The molecule has 0 radical (unpaired) electrons. The number of rotatable bonds is 4. The number of nitrogens with zero attached hydrogens (tertiary/aromatic N) is 1. The summed E-state index contributed by atoms with van der Waals surface area (Å²) in [5.41, 5.74) is 3.60. The summed E-state index contributed by atoms with van der Waals surface area (Å²) in [5, 5.41) is 5.38. The van der Waals surface area contributed by atoms with Crippen molar-refractivity contribution in [2.45, 2.75) is 17.8 Å². The third kappa shape index (κ3) is 3.79. The van der Waals surface area contributed by atoms with Gasteiger partial charge in [0.25, 0.3) is 0 Å². The molecule has 26 heavy (non-hydrogen) atoms. The van der Waals surface area contributed by atoms with Crippen molar-refractivity contribution in [3.8, 4) is 0 Å². The van der Waals surface area contributed by atoms with E-state index < -0.39 is 0 Å². The van der Waals surface area contributed by atoms with Gasteiger partial charge in [0.15, 0.2) is 5.17 Å². The van der Waals surface area contributed by atoms with E-state index in [-0.39, 0.29) is 12.1 Å². The van der Waals surface area contributed by atoms with Crippen molar-refractivity contribution in [3.63, 3.8) is 0 Å². The van der Waals surface area contributed by atoms with Gasteiger partial charge in [-0.1, -0.05) is 102 Å². The highest BCUT2D eigenvalue weighted by Gasteiger charge is 2.31. The highest BCUT2D eigenvalue weighted by Crippen LogP contribution is 2.38. The molecule has 0 fully saturated rings. The predicted octanol–water partition coefficient (Wildman–Crippen LogP) is 6.02. The van der Waals surface area contributed by atoms with E-state index in [2.05, 4.69) is 59.9 Å². The fraction of sp³-hybridized carbons (Fsp3) is 0.136. The van der Waals surface area contributed by atoms with Crippen LogP contribution in [-0.4, -0.2) is 5.17 Å². The highest BCUT2D eigenvalue weighted by atomic mass is 35.5. The Morgan fingerprint density at radius 3 is 2.12 bits per heavy atom. The molecule has 0 spiro atoms. The van der Waals surface area contributed by atoms with Crippen LogP contribution < -0.4 is 5.32 Å². The third-order valence-corrected chi connectivity index (χ3v) is 5.79. The van der Waals surface area contributed by atoms with E-state index in [1.165, 1.54) is 11.1 Å². The molecule has 2 nitrogen and oxygen atoms in total. The number of aliphatic imine (C=N–C) groups is 1. The number of amidine groups is 1. The van der Waals surface area contributed by atoms with Gasteiger partial charge in [-0.15, -0.1) is 0 Å². The summed E-state index contributed by atoms with van der Waals surface area (Å²) >= 11 is 7.99. The van der Waals surface area contributed by atoms with E-state index in [0.29, 0.717) is 0 Å². The Labute approximate surface area is 163 Å². The molecule has 130 valence electrons. The van der Waals surface area contributed by atoms with Gasteiger partial charge >= 0.3 is 0 Å². The molecule has 1 aliphatic heterocycles. The fourth-order valence-electron chi connectivity index (χ4n) is 3.13. The van der Waals surface area contributed by atoms with Crippen molar-refractivity contribution in [1.82, 2.24) is 5.32 Å². The number of thioether (sulfide) groups is 1. The van der Waals surface area contributed by atoms with E-state index in [1.54, 1.807) is 11.8 Å². The topological polar surface area (TPSA) is 24.4 Å². The zero-order valence-electron chi connectivity index (χ0n) is 14.2. The van der Waals surface area contributed by atoms with Crippen LogP contribution in [0.2, 0.25) is 5.02 Å². The van der Waals surface area contributed by atoms with Crippen LogP contribution in [-0.2, 0) is 5.75 Å². The van der Waals surface area contributed by atoms with Crippen LogP contribution in [0, 0.1) is 0 Å². The molecule has 1 heterocycles. The first kappa shape index (κ1) is 17.2. The molecule has 1 N–H and O–H groups in total. The standard InChI is InChI=1S/C22H19ClN2S/c23-19-14-8-7-13-18(19)15-26-22-24-20(16-9-3-1-4-10-16)21(25-22)17-11-5-2-6-12-17/h1-14,20-21H,15H2,(H,24,25)/t20-,21+. The molecule has 0 amide bonds. The van der Waals surface area contributed by atoms with Gasteiger partial charge in [0.2, 0.25) is 0 Å². The fourth-order valence-corrected chi connectivity index (χ4v) is 4.36. The summed E-state index contributed by atoms with van der Waals surface area (Å²) in [6.45, 7) is 0. The van der Waals surface area contributed by atoms with Crippen LogP contribution in [0.15, 0.2) is 89.9 Å². The summed E-state index contributed by atoms with van der Waals surface area (Å²) in [7, 11) is 0. The molecule has 3 aromatic carbocycles. The van der Waals surface area contributed by atoms with E-state index in [1.807, 2.05) is 30.3 Å². The second kappa shape index (κ2) is 7.98. The molecular weight excluding hydrogens is 360 g/mol. The summed E-state index contributed by atoms with van der Waals surface area (Å²) in [4.78, 5) is 4.99. The van der Waals surface area contributed by atoms with E-state index in [9.17, 15) is 0 Å². The maximum absolute atomic E-state index is 6.29. The molecular formula is C22H19ClN2S. The first-order chi connectivity index (χ1) is 12.8. The number of benzene rings is 3. The Hall–Kier alpha value is -2.23. The Morgan fingerprint density at radius 2 is 1.42 bits per heavy atom. The normalized spacial score (nSPS) is 19.0. The summed E-state index contributed by atoms with van der Waals surface area (Å²) < 4.78 is 0. The Kier molecular flexibility index (Phi) is 5.28. The van der Waals surface area contributed by atoms with E-state index in [4.69, 9.17) is 16.6 Å². The van der Waals surface area contributed by atoms with Gasteiger partial charge in [-0.05, 0) is 22.8 Å². The highest BCUT2D eigenvalue weighted by molar-refractivity contribution is 8.13. The second-order valence-electron chi connectivity index (χ2n) is 6.20. The molecule has 0 aromatic heterocycles. The average Bonchev–Trinajstić information content (AvgIpc) is 3.13. The Balaban J connectivity index is 1.57. The molecule has 0 bridgehead atoms. The third-order valence-electron chi connectivity index (χ3n) is 4.47. The number of hydrogen-bond acceptors (Lipinski definition) is 3. The van der Waals surface area contributed by atoms with E-state index >= 15 is 0 Å². The lowest BCUT2D eigenvalue weighted by atomic mass is 9.95. The number of halogens is 1. The zero-order valence-corrected chi connectivity index (χ0v) is 15.8. The van der Waals surface area contributed by atoms with Crippen molar-refractivity contribution < 1.29 is 0 Å². The summed E-state index contributed by atoms with van der Waals surface area (Å²) in [6, 6.07) is 29.2. The first-order valence-electron chi connectivity index (χ1n) is 8.62. The van der Waals surface area contributed by atoms with Crippen LogP contribution in [0.1, 0.15) is 28.8 Å². The van der Waals surface area contributed by atoms with Crippen molar-refractivity contribution in [2.75, 3.05) is 0 Å². The smallest absolute Gasteiger partial charge is 0.158 e. The number of hydrogen-bond donors (Lipinski definition) is 1. The largest absolute Gasteiger partial charge is 0.356 e. The lowest BCUT2D eigenvalue weighted by Gasteiger charge is -2.19. The van der Waals surface area contributed by atoms with Crippen LogP contribution in [0.4, 0.5) is 0 Å². The SMILES string of the molecule is Clc1ccccc1CSC1=N[C@@H](c2ccccc2)[C@@H](c2ccccc2)N1. The Bertz CT molecular complexity index is 896. The molecule has 0 saturated heterocycles. The monoisotopic (exact) mass is 378 g/mol. The average molecular weight is 379 g/mol. The van der Waals surface area contributed by atoms with Crippen LogP contribution in [0.25, 0.3) is 0 Å².